The summed E-state index contributed by atoms with van der Waals surface area (Å²) in [5.41, 5.74) is 1.06. The van der Waals surface area contributed by atoms with Crippen LogP contribution in [0.4, 0.5) is 0 Å². The van der Waals surface area contributed by atoms with Crippen molar-refractivity contribution in [1.82, 2.24) is 0 Å². The summed E-state index contributed by atoms with van der Waals surface area (Å²) in [4.78, 5) is 13.3. The first-order chi connectivity index (χ1) is 12.7. The maximum atomic E-state index is 13.3. The Balaban J connectivity index is 1.94. The number of fused-ring (bicyclic) bond motifs is 2. The minimum absolute atomic E-state index is 0.116. The van der Waals surface area contributed by atoms with Gasteiger partial charge in [-0.25, -0.2) is 0 Å². The van der Waals surface area contributed by atoms with Crippen molar-refractivity contribution in [3.05, 3.63) is 83.9 Å². The van der Waals surface area contributed by atoms with Gasteiger partial charge in [-0.1, -0.05) is 60.7 Å². The molecule has 3 nitrogen and oxygen atoms in total. The smallest absolute Gasteiger partial charge is 0.200 e. The second-order valence-electron chi connectivity index (χ2n) is 6.06. The fourth-order valence-corrected chi connectivity index (χ4v) is 3.43. The van der Waals surface area contributed by atoms with Gasteiger partial charge in [0.15, 0.2) is 0 Å². The van der Waals surface area contributed by atoms with E-state index in [9.17, 15) is 4.79 Å². The Morgan fingerprint density at radius 1 is 0.615 bits per heavy atom. The van der Waals surface area contributed by atoms with Crippen molar-refractivity contribution in [2.45, 2.75) is 0 Å². The summed E-state index contributed by atoms with van der Waals surface area (Å²) in [6.07, 6.45) is 0. The van der Waals surface area contributed by atoms with Gasteiger partial charge in [-0.05, 0) is 22.9 Å². The standard InChI is InChI=1S/C23H18O3/c1-25-22-17-9-5-3-7-15(17)11-13-19(22)21(24)20-14-12-16-8-4-6-10-18(16)23(20)26-2/h3-14H,1-2H3. The van der Waals surface area contributed by atoms with E-state index in [4.69, 9.17) is 9.47 Å². The molecule has 4 aromatic rings. The first-order valence-corrected chi connectivity index (χ1v) is 8.40. The molecule has 4 aromatic carbocycles. The lowest BCUT2D eigenvalue weighted by atomic mass is 9.95. The summed E-state index contributed by atoms with van der Waals surface area (Å²) in [5.74, 6) is 1.06. The number of benzene rings is 4. The van der Waals surface area contributed by atoms with Crippen LogP contribution in [-0.4, -0.2) is 20.0 Å². The monoisotopic (exact) mass is 342 g/mol. The van der Waals surface area contributed by atoms with Crippen LogP contribution in [0.15, 0.2) is 72.8 Å². The van der Waals surface area contributed by atoms with Crippen molar-refractivity contribution in [3.63, 3.8) is 0 Å². The van der Waals surface area contributed by atoms with E-state index >= 15 is 0 Å². The molecule has 0 radical (unpaired) electrons. The topological polar surface area (TPSA) is 35.5 Å². The summed E-state index contributed by atoms with van der Waals surface area (Å²) >= 11 is 0. The zero-order chi connectivity index (χ0) is 18.1. The highest BCUT2D eigenvalue weighted by atomic mass is 16.5. The van der Waals surface area contributed by atoms with E-state index in [0.717, 1.165) is 21.5 Å². The van der Waals surface area contributed by atoms with Crippen LogP contribution in [-0.2, 0) is 0 Å². The van der Waals surface area contributed by atoms with E-state index in [0.29, 0.717) is 22.6 Å². The maximum absolute atomic E-state index is 13.3. The minimum atomic E-state index is -0.116. The SMILES string of the molecule is COc1c(C(=O)c2ccc3ccccc3c2OC)ccc2ccccc12. The molecule has 0 saturated heterocycles. The van der Waals surface area contributed by atoms with Crippen LogP contribution in [0.3, 0.4) is 0 Å². The van der Waals surface area contributed by atoms with E-state index in [1.165, 1.54) is 0 Å². The Labute approximate surface area is 151 Å². The summed E-state index contributed by atoms with van der Waals surface area (Å²) in [6.45, 7) is 0. The molecule has 128 valence electrons. The van der Waals surface area contributed by atoms with Crippen molar-refractivity contribution in [2.75, 3.05) is 14.2 Å². The Morgan fingerprint density at radius 2 is 1.04 bits per heavy atom. The van der Waals surface area contributed by atoms with Gasteiger partial charge in [0.2, 0.25) is 5.78 Å². The zero-order valence-corrected chi connectivity index (χ0v) is 14.7. The second-order valence-corrected chi connectivity index (χ2v) is 6.06. The average molecular weight is 342 g/mol. The molecule has 4 rings (SSSR count). The Kier molecular flexibility index (Phi) is 4.05. The highest BCUT2D eigenvalue weighted by molar-refractivity contribution is 6.17. The Morgan fingerprint density at radius 3 is 1.46 bits per heavy atom. The molecule has 0 aliphatic heterocycles. The van der Waals surface area contributed by atoms with Gasteiger partial charge in [-0.3, -0.25) is 4.79 Å². The van der Waals surface area contributed by atoms with Crippen LogP contribution in [0.5, 0.6) is 11.5 Å². The Hall–Kier alpha value is -3.33. The van der Waals surface area contributed by atoms with Crippen molar-refractivity contribution in [3.8, 4) is 11.5 Å². The van der Waals surface area contributed by atoms with Crippen molar-refractivity contribution < 1.29 is 14.3 Å². The molecule has 0 unspecified atom stereocenters. The minimum Gasteiger partial charge on any atom is -0.495 e. The predicted octanol–water partition coefficient (Wildman–Crippen LogP) is 5.24. The lowest BCUT2D eigenvalue weighted by molar-refractivity contribution is 0.103. The van der Waals surface area contributed by atoms with E-state index in [2.05, 4.69) is 0 Å². The largest absolute Gasteiger partial charge is 0.495 e. The van der Waals surface area contributed by atoms with Gasteiger partial charge in [0.25, 0.3) is 0 Å². The number of ether oxygens (including phenoxy) is 2. The molecule has 0 fully saturated rings. The maximum Gasteiger partial charge on any atom is 0.200 e. The van der Waals surface area contributed by atoms with Crippen LogP contribution >= 0.6 is 0 Å². The molecular formula is C23H18O3. The van der Waals surface area contributed by atoms with Crippen molar-refractivity contribution in [1.29, 1.82) is 0 Å². The van der Waals surface area contributed by atoms with Gasteiger partial charge in [0, 0.05) is 10.8 Å². The van der Waals surface area contributed by atoms with Crippen LogP contribution in [0.25, 0.3) is 21.5 Å². The molecule has 3 heteroatoms. The van der Waals surface area contributed by atoms with E-state index in [1.807, 2.05) is 72.8 Å². The summed E-state index contributed by atoms with van der Waals surface area (Å²) in [6, 6.07) is 23.3. The highest BCUT2D eigenvalue weighted by Crippen LogP contribution is 2.35. The zero-order valence-electron chi connectivity index (χ0n) is 14.7. The van der Waals surface area contributed by atoms with Crippen LogP contribution < -0.4 is 9.47 Å². The summed E-state index contributed by atoms with van der Waals surface area (Å²) in [7, 11) is 3.19. The van der Waals surface area contributed by atoms with E-state index < -0.39 is 0 Å². The molecule has 0 N–H and O–H groups in total. The molecule has 0 aliphatic rings. The van der Waals surface area contributed by atoms with Gasteiger partial charge in [0.1, 0.15) is 11.5 Å². The lowest BCUT2D eigenvalue weighted by Crippen LogP contribution is -2.07. The third kappa shape index (κ3) is 2.49. The molecule has 0 bridgehead atoms. The third-order valence-electron chi connectivity index (χ3n) is 4.66. The normalized spacial score (nSPS) is 10.8. The molecule has 0 amide bonds. The van der Waals surface area contributed by atoms with Crippen LogP contribution in [0.1, 0.15) is 15.9 Å². The van der Waals surface area contributed by atoms with Crippen molar-refractivity contribution >= 4 is 27.3 Å². The third-order valence-corrected chi connectivity index (χ3v) is 4.66. The molecule has 0 spiro atoms. The van der Waals surface area contributed by atoms with Gasteiger partial charge in [-0.2, -0.15) is 0 Å². The van der Waals surface area contributed by atoms with Crippen LogP contribution in [0.2, 0.25) is 0 Å². The number of methoxy groups -OCH3 is 2. The van der Waals surface area contributed by atoms with Gasteiger partial charge < -0.3 is 9.47 Å². The fraction of sp³-hybridized carbons (Fsp3) is 0.0870. The van der Waals surface area contributed by atoms with Gasteiger partial charge in [-0.15, -0.1) is 0 Å². The molecular weight excluding hydrogens is 324 g/mol. The first kappa shape index (κ1) is 16.2. The van der Waals surface area contributed by atoms with Gasteiger partial charge in [0.05, 0.1) is 25.3 Å². The van der Waals surface area contributed by atoms with E-state index in [-0.39, 0.29) is 5.78 Å². The number of hydrogen-bond donors (Lipinski definition) is 0. The number of rotatable bonds is 4. The fourth-order valence-electron chi connectivity index (χ4n) is 3.43. The molecule has 0 saturated carbocycles. The molecule has 0 aromatic heterocycles. The molecule has 0 heterocycles. The second kappa shape index (κ2) is 6.52. The van der Waals surface area contributed by atoms with Crippen molar-refractivity contribution in [2.24, 2.45) is 0 Å². The lowest BCUT2D eigenvalue weighted by Gasteiger charge is -2.14. The number of hydrogen-bond acceptors (Lipinski definition) is 3. The first-order valence-electron chi connectivity index (χ1n) is 8.40. The number of carbonyl (C=O) groups excluding carboxylic acids is 1. The number of ketones is 1. The van der Waals surface area contributed by atoms with E-state index in [1.54, 1.807) is 14.2 Å². The van der Waals surface area contributed by atoms with Gasteiger partial charge >= 0.3 is 0 Å². The highest BCUT2D eigenvalue weighted by Gasteiger charge is 2.21. The predicted molar refractivity (Wildman–Crippen MR) is 104 cm³/mol. The quantitative estimate of drug-likeness (QED) is 0.476. The average Bonchev–Trinajstić information content (AvgIpc) is 2.71. The summed E-state index contributed by atoms with van der Waals surface area (Å²) < 4.78 is 11.2. The Bertz CT molecular complexity index is 1040. The summed E-state index contributed by atoms with van der Waals surface area (Å²) in [5, 5.41) is 3.90. The number of carbonyl (C=O) groups is 1. The molecule has 0 aliphatic carbocycles. The van der Waals surface area contributed by atoms with Crippen LogP contribution in [0, 0.1) is 0 Å². The molecule has 26 heavy (non-hydrogen) atoms. The molecule has 0 atom stereocenters.